The van der Waals surface area contributed by atoms with Crippen molar-refractivity contribution in [2.75, 3.05) is 13.1 Å². The average Bonchev–Trinajstić information content (AvgIpc) is 2.62. The van der Waals surface area contributed by atoms with Crippen molar-refractivity contribution >= 4 is 17.9 Å². The van der Waals surface area contributed by atoms with Crippen molar-refractivity contribution in [1.29, 1.82) is 0 Å². The SMILES string of the molecule is CCCCN(C(=O)CNC(=O)OC(C)(C)C)C(C(=O)NC(C)(C)C)c1ccc(O)c(C)c1. The summed E-state index contributed by atoms with van der Waals surface area (Å²) in [6.07, 6.45) is 0.817. The fraction of sp³-hybridized carbons (Fsp3) is 0.625. The van der Waals surface area contributed by atoms with E-state index in [0.29, 0.717) is 24.1 Å². The van der Waals surface area contributed by atoms with E-state index in [1.165, 1.54) is 11.0 Å². The maximum Gasteiger partial charge on any atom is 0.408 e. The van der Waals surface area contributed by atoms with Crippen LogP contribution in [0.2, 0.25) is 0 Å². The van der Waals surface area contributed by atoms with Crippen molar-refractivity contribution in [3.8, 4) is 5.75 Å². The lowest BCUT2D eigenvalue weighted by Gasteiger charge is -2.34. The molecule has 1 unspecified atom stereocenters. The number of aryl methyl sites for hydroxylation is 1. The molecule has 0 bridgehead atoms. The molecule has 1 rings (SSSR count). The Morgan fingerprint density at radius 1 is 1.12 bits per heavy atom. The van der Waals surface area contributed by atoms with Crippen LogP contribution in [0.4, 0.5) is 4.79 Å². The minimum Gasteiger partial charge on any atom is -0.508 e. The molecular weight excluding hydrogens is 410 g/mol. The Labute approximate surface area is 191 Å². The Bertz CT molecular complexity index is 809. The predicted octanol–water partition coefficient (Wildman–Crippen LogP) is 3.81. The first-order valence-electron chi connectivity index (χ1n) is 11.0. The van der Waals surface area contributed by atoms with Crippen LogP contribution in [0.25, 0.3) is 0 Å². The number of rotatable bonds is 8. The lowest BCUT2D eigenvalue weighted by molar-refractivity contribution is -0.141. The monoisotopic (exact) mass is 449 g/mol. The van der Waals surface area contributed by atoms with Gasteiger partial charge in [0.25, 0.3) is 0 Å². The van der Waals surface area contributed by atoms with Crippen LogP contribution in [0.5, 0.6) is 5.75 Å². The number of carbonyl (C=O) groups is 3. The van der Waals surface area contributed by atoms with Crippen molar-refractivity contribution in [1.82, 2.24) is 15.5 Å². The van der Waals surface area contributed by atoms with Gasteiger partial charge in [0, 0.05) is 12.1 Å². The van der Waals surface area contributed by atoms with Gasteiger partial charge in [0.05, 0.1) is 0 Å². The molecule has 0 aliphatic rings. The zero-order valence-corrected chi connectivity index (χ0v) is 20.7. The topological polar surface area (TPSA) is 108 Å². The van der Waals surface area contributed by atoms with E-state index in [0.717, 1.165) is 6.42 Å². The number of nitrogens with one attached hydrogen (secondary N) is 2. The summed E-state index contributed by atoms with van der Waals surface area (Å²) in [5, 5.41) is 15.4. The highest BCUT2D eigenvalue weighted by Crippen LogP contribution is 2.27. The molecule has 0 heterocycles. The van der Waals surface area contributed by atoms with E-state index in [9.17, 15) is 19.5 Å². The molecule has 3 amide bonds. The first-order chi connectivity index (χ1) is 14.6. The summed E-state index contributed by atoms with van der Waals surface area (Å²) < 4.78 is 5.21. The molecule has 32 heavy (non-hydrogen) atoms. The van der Waals surface area contributed by atoms with Gasteiger partial charge in [0.2, 0.25) is 11.8 Å². The van der Waals surface area contributed by atoms with Crippen LogP contribution < -0.4 is 10.6 Å². The van der Waals surface area contributed by atoms with Gasteiger partial charge in [-0.1, -0.05) is 19.4 Å². The van der Waals surface area contributed by atoms with E-state index in [4.69, 9.17) is 4.74 Å². The largest absolute Gasteiger partial charge is 0.508 e. The van der Waals surface area contributed by atoms with Gasteiger partial charge < -0.3 is 25.4 Å². The number of phenols is 1. The van der Waals surface area contributed by atoms with Crippen molar-refractivity contribution in [3.63, 3.8) is 0 Å². The van der Waals surface area contributed by atoms with Crippen LogP contribution in [0.3, 0.4) is 0 Å². The van der Waals surface area contributed by atoms with E-state index in [1.807, 2.05) is 27.7 Å². The highest BCUT2D eigenvalue weighted by molar-refractivity contribution is 5.90. The lowest BCUT2D eigenvalue weighted by atomic mass is 9.99. The van der Waals surface area contributed by atoms with Crippen LogP contribution in [0, 0.1) is 6.92 Å². The number of unbranched alkanes of at least 4 members (excludes halogenated alkanes) is 1. The highest BCUT2D eigenvalue weighted by atomic mass is 16.6. The summed E-state index contributed by atoms with van der Waals surface area (Å²) in [5.41, 5.74) is -0.00176. The Morgan fingerprint density at radius 2 is 1.75 bits per heavy atom. The second-order valence-electron chi connectivity index (χ2n) is 9.98. The molecule has 0 fully saturated rings. The fourth-order valence-electron chi connectivity index (χ4n) is 3.05. The molecule has 8 heteroatoms. The number of benzene rings is 1. The zero-order chi connectivity index (χ0) is 24.7. The number of aromatic hydroxyl groups is 1. The molecular formula is C24H39N3O5. The molecule has 0 radical (unpaired) electrons. The number of hydrogen-bond donors (Lipinski definition) is 3. The summed E-state index contributed by atoms with van der Waals surface area (Å²) in [6.45, 7) is 14.6. The van der Waals surface area contributed by atoms with Crippen molar-refractivity contribution in [2.24, 2.45) is 0 Å². The molecule has 0 aliphatic carbocycles. The molecule has 1 aromatic rings. The third kappa shape index (κ3) is 9.16. The van der Waals surface area contributed by atoms with Gasteiger partial charge in [-0.15, -0.1) is 0 Å². The fourth-order valence-corrected chi connectivity index (χ4v) is 3.05. The molecule has 0 aliphatic heterocycles. The smallest absolute Gasteiger partial charge is 0.408 e. The third-order valence-electron chi connectivity index (χ3n) is 4.45. The van der Waals surface area contributed by atoms with Crippen LogP contribution in [0.1, 0.15) is 78.5 Å². The van der Waals surface area contributed by atoms with Crippen LogP contribution in [-0.2, 0) is 14.3 Å². The molecule has 1 aromatic carbocycles. The summed E-state index contributed by atoms with van der Waals surface area (Å²) in [6, 6.07) is 3.95. The van der Waals surface area contributed by atoms with Gasteiger partial charge >= 0.3 is 6.09 Å². The first-order valence-corrected chi connectivity index (χ1v) is 11.0. The highest BCUT2D eigenvalue weighted by Gasteiger charge is 2.33. The standard InChI is InChI=1S/C24H39N3O5/c1-9-10-13-27(19(29)15-25-22(31)32-24(6,7)8)20(21(30)26-23(3,4)5)17-11-12-18(28)16(2)14-17/h11-12,14,20,28H,9-10,13,15H2,1-8H3,(H,25,31)(H,26,30). The minimum atomic E-state index is -0.909. The second kappa shape index (κ2) is 11.2. The molecule has 0 aromatic heterocycles. The molecule has 0 spiro atoms. The number of alkyl carbamates (subject to hydrolysis) is 1. The van der Waals surface area contributed by atoms with E-state index < -0.39 is 29.2 Å². The van der Waals surface area contributed by atoms with Crippen molar-refractivity contribution in [3.05, 3.63) is 29.3 Å². The van der Waals surface area contributed by atoms with Gasteiger partial charge in [0.1, 0.15) is 23.9 Å². The Balaban J connectivity index is 3.26. The van der Waals surface area contributed by atoms with Gasteiger partial charge in [-0.2, -0.15) is 0 Å². The maximum absolute atomic E-state index is 13.3. The lowest BCUT2D eigenvalue weighted by Crippen LogP contribution is -2.51. The number of nitrogens with zero attached hydrogens (tertiary/aromatic N) is 1. The van der Waals surface area contributed by atoms with Gasteiger partial charge in [0.15, 0.2) is 0 Å². The van der Waals surface area contributed by atoms with E-state index in [-0.39, 0.29) is 18.2 Å². The minimum absolute atomic E-state index is 0.113. The van der Waals surface area contributed by atoms with Crippen LogP contribution in [0.15, 0.2) is 18.2 Å². The Hall–Kier alpha value is -2.77. The van der Waals surface area contributed by atoms with Gasteiger partial charge in [-0.25, -0.2) is 4.79 Å². The summed E-state index contributed by atoms with van der Waals surface area (Å²) >= 11 is 0. The number of ether oxygens (including phenoxy) is 1. The van der Waals surface area contributed by atoms with Crippen LogP contribution in [-0.4, -0.2) is 52.1 Å². The Morgan fingerprint density at radius 3 is 2.25 bits per heavy atom. The Kier molecular flexibility index (Phi) is 9.54. The van der Waals surface area contributed by atoms with Crippen molar-refractivity contribution < 1.29 is 24.2 Å². The summed E-state index contributed by atoms with van der Waals surface area (Å²) in [5.74, 6) is -0.616. The quantitative estimate of drug-likeness (QED) is 0.559. The van der Waals surface area contributed by atoms with E-state index in [2.05, 4.69) is 10.6 Å². The second-order valence-corrected chi connectivity index (χ2v) is 9.98. The third-order valence-corrected chi connectivity index (χ3v) is 4.45. The van der Waals surface area contributed by atoms with Crippen molar-refractivity contribution in [2.45, 2.75) is 85.4 Å². The van der Waals surface area contributed by atoms with E-state index in [1.54, 1.807) is 39.8 Å². The molecule has 1 atom stereocenters. The summed E-state index contributed by atoms with van der Waals surface area (Å²) in [4.78, 5) is 40.0. The number of phenolic OH excluding ortho intramolecular Hbond substituents is 1. The number of hydrogen-bond acceptors (Lipinski definition) is 5. The number of amides is 3. The molecule has 180 valence electrons. The normalized spacial score (nSPS) is 12.6. The van der Waals surface area contributed by atoms with Crippen LogP contribution >= 0.6 is 0 Å². The first kappa shape index (κ1) is 27.3. The van der Waals surface area contributed by atoms with E-state index >= 15 is 0 Å². The molecule has 0 saturated carbocycles. The number of carbonyl (C=O) groups excluding carboxylic acids is 3. The zero-order valence-electron chi connectivity index (χ0n) is 20.7. The van der Waals surface area contributed by atoms with Gasteiger partial charge in [-0.05, 0) is 78.1 Å². The predicted molar refractivity (Wildman–Crippen MR) is 124 cm³/mol. The maximum atomic E-state index is 13.3. The molecule has 8 nitrogen and oxygen atoms in total. The molecule has 0 saturated heterocycles. The summed E-state index contributed by atoms with van der Waals surface area (Å²) in [7, 11) is 0. The molecule has 3 N–H and O–H groups in total. The van der Waals surface area contributed by atoms with Gasteiger partial charge in [-0.3, -0.25) is 9.59 Å². The average molecular weight is 450 g/mol.